The van der Waals surface area contributed by atoms with Crippen LogP contribution < -0.4 is 4.74 Å². The molecule has 1 N–H and O–H groups in total. The third-order valence-electron chi connectivity index (χ3n) is 4.00. The van der Waals surface area contributed by atoms with Crippen molar-refractivity contribution in [3.8, 4) is 5.75 Å². The molecular formula is C17H16Cl2O2. The topological polar surface area (TPSA) is 29.5 Å². The third-order valence-corrected chi connectivity index (χ3v) is 4.53. The standard InChI is InChI=1S/C17H16Cl2O2/c1-21-17-9-15-11(7-16(17)19)6-13(20)8-14(15)10-3-2-4-12(18)5-10/h2-5,7,9,13-14,20H,6,8H2,1H3/t13-,14+/m0/s1. The molecule has 0 aliphatic heterocycles. The molecule has 4 heteroatoms. The highest BCUT2D eigenvalue weighted by Crippen LogP contribution is 2.41. The number of methoxy groups -OCH3 is 1. The van der Waals surface area contributed by atoms with Crippen molar-refractivity contribution in [3.05, 3.63) is 63.1 Å². The number of aliphatic hydroxyl groups excluding tert-OH is 1. The van der Waals surface area contributed by atoms with Gasteiger partial charge in [-0.1, -0.05) is 35.3 Å². The van der Waals surface area contributed by atoms with E-state index in [4.69, 9.17) is 27.9 Å². The van der Waals surface area contributed by atoms with E-state index in [0.717, 1.165) is 16.7 Å². The molecule has 3 rings (SSSR count). The first-order valence-electron chi connectivity index (χ1n) is 6.88. The summed E-state index contributed by atoms with van der Waals surface area (Å²) in [5, 5.41) is 11.4. The van der Waals surface area contributed by atoms with Crippen molar-refractivity contribution in [2.45, 2.75) is 24.9 Å². The van der Waals surface area contributed by atoms with E-state index in [1.165, 1.54) is 0 Å². The maximum absolute atomic E-state index is 10.2. The Morgan fingerprint density at radius 3 is 2.71 bits per heavy atom. The highest BCUT2D eigenvalue weighted by molar-refractivity contribution is 6.32. The van der Waals surface area contributed by atoms with Crippen LogP contribution in [0.4, 0.5) is 0 Å². The number of aliphatic hydroxyl groups is 1. The molecule has 0 aromatic heterocycles. The summed E-state index contributed by atoms with van der Waals surface area (Å²) in [6.45, 7) is 0. The van der Waals surface area contributed by atoms with Crippen molar-refractivity contribution in [3.63, 3.8) is 0 Å². The predicted molar refractivity (Wildman–Crippen MR) is 85.6 cm³/mol. The van der Waals surface area contributed by atoms with Gasteiger partial charge in [0.1, 0.15) is 5.75 Å². The number of fused-ring (bicyclic) bond motifs is 1. The van der Waals surface area contributed by atoms with E-state index in [2.05, 4.69) is 0 Å². The zero-order valence-electron chi connectivity index (χ0n) is 11.6. The van der Waals surface area contributed by atoms with Gasteiger partial charge in [0.2, 0.25) is 0 Å². The highest BCUT2D eigenvalue weighted by Gasteiger charge is 2.28. The van der Waals surface area contributed by atoms with Gasteiger partial charge in [0, 0.05) is 10.9 Å². The van der Waals surface area contributed by atoms with E-state index in [-0.39, 0.29) is 12.0 Å². The Hall–Kier alpha value is -1.22. The highest BCUT2D eigenvalue weighted by atomic mass is 35.5. The maximum Gasteiger partial charge on any atom is 0.137 e. The summed E-state index contributed by atoms with van der Waals surface area (Å²) < 4.78 is 5.33. The molecule has 0 spiro atoms. The average molecular weight is 323 g/mol. The van der Waals surface area contributed by atoms with Gasteiger partial charge < -0.3 is 9.84 Å². The predicted octanol–water partition coefficient (Wildman–Crippen LogP) is 4.44. The second-order valence-electron chi connectivity index (χ2n) is 5.39. The Morgan fingerprint density at radius 1 is 1.19 bits per heavy atom. The fourth-order valence-electron chi connectivity index (χ4n) is 3.04. The van der Waals surface area contributed by atoms with E-state index in [1.54, 1.807) is 7.11 Å². The molecule has 2 atom stereocenters. The number of hydrogen-bond donors (Lipinski definition) is 1. The quantitative estimate of drug-likeness (QED) is 0.885. The minimum absolute atomic E-state index is 0.105. The zero-order chi connectivity index (χ0) is 15.0. The normalized spacial score (nSPS) is 21.0. The van der Waals surface area contributed by atoms with Gasteiger partial charge in [0.05, 0.1) is 18.2 Å². The summed E-state index contributed by atoms with van der Waals surface area (Å²) in [6.07, 6.45) is 0.930. The smallest absolute Gasteiger partial charge is 0.137 e. The second kappa shape index (κ2) is 5.88. The number of hydrogen-bond acceptors (Lipinski definition) is 2. The Bertz CT molecular complexity index is 670. The van der Waals surface area contributed by atoms with Crippen LogP contribution in [0, 0.1) is 0 Å². The fraction of sp³-hybridized carbons (Fsp3) is 0.294. The number of rotatable bonds is 2. The lowest BCUT2D eigenvalue weighted by Crippen LogP contribution is -2.23. The van der Waals surface area contributed by atoms with Gasteiger partial charge in [-0.2, -0.15) is 0 Å². The van der Waals surface area contributed by atoms with Gasteiger partial charge in [-0.3, -0.25) is 0 Å². The largest absolute Gasteiger partial charge is 0.495 e. The van der Waals surface area contributed by atoms with Crippen LogP contribution in [0.2, 0.25) is 10.0 Å². The molecule has 0 saturated heterocycles. The summed E-state index contributed by atoms with van der Waals surface area (Å²) >= 11 is 12.3. The number of halogens is 2. The first-order chi connectivity index (χ1) is 10.1. The van der Waals surface area contributed by atoms with E-state index >= 15 is 0 Å². The lowest BCUT2D eigenvalue weighted by atomic mass is 9.77. The monoisotopic (exact) mass is 322 g/mol. The van der Waals surface area contributed by atoms with Crippen LogP contribution in [0.3, 0.4) is 0 Å². The van der Waals surface area contributed by atoms with Gasteiger partial charge in [-0.05, 0) is 53.8 Å². The van der Waals surface area contributed by atoms with Gasteiger partial charge in [0.25, 0.3) is 0 Å². The maximum atomic E-state index is 10.2. The van der Waals surface area contributed by atoms with Crippen molar-refractivity contribution in [1.29, 1.82) is 0 Å². The van der Waals surface area contributed by atoms with Crippen molar-refractivity contribution in [2.75, 3.05) is 7.11 Å². The molecule has 2 aromatic rings. The van der Waals surface area contributed by atoms with E-state index in [0.29, 0.717) is 28.6 Å². The van der Waals surface area contributed by atoms with Crippen LogP contribution in [0.5, 0.6) is 5.75 Å². The molecule has 0 saturated carbocycles. The van der Waals surface area contributed by atoms with Crippen molar-refractivity contribution in [1.82, 2.24) is 0 Å². The van der Waals surface area contributed by atoms with Crippen LogP contribution in [0.1, 0.15) is 29.0 Å². The first kappa shape index (κ1) is 14.7. The van der Waals surface area contributed by atoms with Gasteiger partial charge in [0.15, 0.2) is 0 Å². The first-order valence-corrected chi connectivity index (χ1v) is 7.64. The molecule has 21 heavy (non-hydrogen) atoms. The molecule has 110 valence electrons. The van der Waals surface area contributed by atoms with Gasteiger partial charge >= 0.3 is 0 Å². The van der Waals surface area contributed by atoms with E-state index in [1.807, 2.05) is 36.4 Å². The summed E-state index contributed by atoms with van der Waals surface area (Å²) in [6, 6.07) is 11.7. The minimum Gasteiger partial charge on any atom is -0.495 e. The molecule has 1 aliphatic rings. The second-order valence-corrected chi connectivity index (χ2v) is 6.23. The molecule has 2 nitrogen and oxygen atoms in total. The van der Waals surface area contributed by atoms with Crippen LogP contribution in [-0.4, -0.2) is 18.3 Å². The lowest BCUT2D eigenvalue weighted by Gasteiger charge is -2.30. The van der Waals surface area contributed by atoms with E-state index in [9.17, 15) is 5.11 Å². The lowest BCUT2D eigenvalue weighted by molar-refractivity contribution is 0.152. The Labute approximate surface area is 134 Å². The molecule has 0 amide bonds. The van der Waals surface area contributed by atoms with Crippen molar-refractivity contribution >= 4 is 23.2 Å². The summed E-state index contributed by atoms with van der Waals surface area (Å²) in [4.78, 5) is 0. The van der Waals surface area contributed by atoms with E-state index < -0.39 is 0 Å². The van der Waals surface area contributed by atoms with Crippen LogP contribution in [0.15, 0.2) is 36.4 Å². The Balaban J connectivity index is 2.12. The third kappa shape index (κ3) is 2.89. The van der Waals surface area contributed by atoms with Crippen LogP contribution in [-0.2, 0) is 6.42 Å². The SMILES string of the molecule is COc1cc2c(cc1Cl)C[C@H](O)C[C@@H]2c1cccc(Cl)c1. The molecule has 0 radical (unpaired) electrons. The number of benzene rings is 2. The molecule has 0 unspecified atom stereocenters. The Kier molecular flexibility index (Phi) is 4.12. The summed E-state index contributed by atoms with van der Waals surface area (Å²) in [5.41, 5.74) is 3.33. The van der Waals surface area contributed by atoms with Gasteiger partial charge in [-0.25, -0.2) is 0 Å². The minimum atomic E-state index is -0.369. The fourth-order valence-corrected chi connectivity index (χ4v) is 3.51. The molecule has 2 aromatic carbocycles. The average Bonchev–Trinajstić information content (AvgIpc) is 2.45. The number of ether oxygens (including phenoxy) is 1. The summed E-state index contributed by atoms with van der Waals surface area (Å²) in [5.74, 6) is 0.771. The molecule has 0 fully saturated rings. The van der Waals surface area contributed by atoms with Crippen molar-refractivity contribution < 1.29 is 9.84 Å². The van der Waals surface area contributed by atoms with Gasteiger partial charge in [-0.15, -0.1) is 0 Å². The molecule has 0 heterocycles. The molecular weight excluding hydrogens is 307 g/mol. The van der Waals surface area contributed by atoms with Crippen LogP contribution >= 0.6 is 23.2 Å². The Morgan fingerprint density at radius 2 is 2.00 bits per heavy atom. The summed E-state index contributed by atoms with van der Waals surface area (Å²) in [7, 11) is 1.61. The zero-order valence-corrected chi connectivity index (χ0v) is 13.2. The van der Waals surface area contributed by atoms with Crippen LogP contribution in [0.25, 0.3) is 0 Å². The molecule has 1 aliphatic carbocycles. The van der Waals surface area contributed by atoms with Crippen molar-refractivity contribution in [2.24, 2.45) is 0 Å². The molecule has 0 bridgehead atoms.